The number of benzene rings is 3. The summed E-state index contributed by atoms with van der Waals surface area (Å²) in [5, 5.41) is 3.48. The Morgan fingerprint density at radius 2 is 1.72 bits per heavy atom. The number of aryl methyl sites for hydroxylation is 1. The van der Waals surface area contributed by atoms with Crippen molar-refractivity contribution >= 4 is 22.4 Å². The highest BCUT2D eigenvalue weighted by atomic mass is 35.5. The van der Waals surface area contributed by atoms with E-state index in [1.54, 1.807) is 0 Å². The molecule has 0 saturated heterocycles. The summed E-state index contributed by atoms with van der Waals surface area (Å²) >= 11 is 6.14. The zero-order chi connectivity index (χ0) is 12.3. The summed E-state index contributed by atoms with van der Waals surface area (Å²) in [6.45, 7) is 2.18. The van der Waals surface area contributed by atoms with Gasteiger partial charge in [-0.2, -0.15) is 0 Å². The SMILES string of the molecule is Cc1ccc2cccc3c2c1-c1ccc(Cl)cc1-3. The smallest absolute Gasteiger partial charge is 0.0412 e. The Bertz CT molecular complexity index is 800. The second-order valence-electron chi connectivity index (χ2n) is 4.85. The van der Waals surface area contributed by atoms with Crippen molar-refractivity contribution in [3.8, 4) is 22.3 Å². The molecule has 0 spiro atoms. The Kier molecular flexibility index (Phi) is 1.90. The fourth-order valence-corrected chi connectivity index (χ4v) is 3.18. The highest BCUT2D eigenvalue weighted by Gasteiger charge is 2.22. The van der Waals surface area contributed by atoms with Crippen LogP contribution in [0.2, 0.25) is 5.02 Å². The monoisotopic (exact) mass is 250 g/mol. The maximum Gasteiger partial charge on any atom is 0.0412 e. The largest absolute Gasteiger partial charge is 0.0843 e. The van der Waals surface area contributed by atoms with Crippen molar-refractivity contribution in [3.63, 3.8) is 0 Å². The minimum absolute atomic E-state index is 0.802. The van der Waals surface area contributed by atoms with Gasteiger partial charge in [0.2, 0.25) is 0 Å². The van der Waals surface area contributed by atoms with Crippen molar-refractivity contribution < 1.29 is 0 Å². The number of halogens is 1. The summed E-state index contributed by atoms with van der Waals surface area (Å²) in [5.41, 5.74) is 6.58. The van der Waals surface area contributed by atoms with E-state index >= 15 is 0 Å². The maximum absolute atomic E-state index is 6.14. The molecule has 0 aliphatic heterocycles. The third-order valence-electron chi connectivity index (χ3n) is 3.80. The fraction of sp³-hybridized carbons (Fsp3) is 0.0588. The molecule has 4 rings (SSSR count). The summed E-state index contributed by atoms with van der Waals surface area (Å²) in [4.78, 5) is 0. The number of hydrogen-bond donors (Lipinski definition) is 0. The first-order chi connectivity index (χ1) is 8.75. The van der Waals surface area contributed by atoms with E-state index < -0.39 is 0 Å². The normalized spacial score (nSPS) is 11.9. The van der Waals surface area contributed by atoms with Gasteiger partial charge in [-0.25, -0.2) is 0 Å². The second kappa shape index (κ2) is 3.37. The topological polar surface area (TPSA) is 0 Å². The first-order valence-corrected chi connectivity index (χ1v) is 6.46. The first kappa shape index (κ1) is 10.2. The number of fused-ring (bicyclic) bond motifs is 3. The molecule has 0 bridgehead atoms. The standard InChI is InChI=1S/C17H11Cl/c1-10-5-6-11-3-2-4-13-15-9-12(18)7-8-14(15)16(10)17(11)13/h2-9H,1H3. The van der Waals surface area contributed by atoms with Gasteiger partial charge in [0.1, 0.15) is 0 Å². The van der Waals surface area contributed by atoms with Gasteiger partial charge in [0.05, 0.1) is 0 Å². The van der Waals surface area contributed by atoms with Gasteiger partial charge in [-0.1, -0.05) is 48.0 Å². The second-order valence-corrected chi connectivity index (χ2v) is 5.29. The van der Waals surface area contributed by atoms with Gasteiger partial charge in [-0.3, -0.25) is 0 Å². The van der Waals surface area contributed by atoms with E-state index in [1.807, 2.05) is 6.07 Å². The van der Waals surface area contributed by atoms with E-state index in [4.69, 9.17) is 11.6 Å². The molecule has 86 valence electrons. The van der Waals surface area contributed by atoms with Crippen LogP contribution in [0.3, 0.4) is 0 Å². The minimum Gasteiger partial charge on any atom is -0.0843 e. The van der Waals surface area contributed by atoms with Crippen LogP contribution in [0.25, 0.3) is 33.0 Å². The molecular weight excluding hydrogens is 240 g/mol. The molecule has 0 radical (unpaired) electrons. The lowest BCUT2D eigenvalue weighted by Crippen LogP contribution is -1.81. The lowest BCUT2D eigenvalue weighted by atomic mass is 9.99. The van der Waals surface area contributed by atoms with Crippen molar-refractivity contribution in [2.45, 2.75) is 6.92 Å². The molecule has 0 aromatic heterocycles. The van der Waals surface area contributed by atoms with Crippen molar-refractivity contribution in [2.75, 3.05) is 0 Å². The number of hydrogen-bond acceptors (Lipinski definition) is 0. The Morgan fingerprint density at radius 1 is 0.833 bits per heavy atom. The Hall–Kier alpha value is -1.79. The van der Waals surface area contributed by atoms with Crippen molar-refractivity contribution in [2.24, 2.45) is 0 Å². The Labute approximate surface area is 111 Å². The van der Waals surface area contributed by atoms with Gasteiger partial charge in [0.25, 0.3) is 0 Å². The van der Waals surface area contributed by atoms with Crippen molar-refractivity contribution in [3.05, 3.63) is 59.1 Å². The summed E-state index contributed by atoms with van der Waals surface area (Å²) in [6.07, 6.45) is 0. The molecule has 0 unspecified atom stereocenters. The molecule has 3 aromatic carbocycles. The Morgan fingerprint density at radius 3 is 2.61 bits per heavy atom. The average molecular weight is 251 g/mol. The summed E-state index contributed by atoms with van der Waals surface area (Å²) in [5.74, 6) is 0. The van der Waals surface area contributed by atoms with Gasteiger partial charge >= 0.3 is 0 Å². The minimum atomic E-state index is 0.802. The maximum atomic E-state index is 6.14. The van der Waals surface area contributed by atoms with E-state index in [9.17, 15) is 0 Å². The lowest BCUT2D eigenvalue weighted by Gasteiger charge is -2.05. The third kappa shape index (κ3) is 1.16. The van der Waals surface area contributed by atoms with Crippen LogP contribution < -0.4 is 0 Å². The van der Waals surface area contributed by atoms with E-state index in [0.717, 1.165) is 5.02 Å². The predicted molar refractivity (Wildman–Crippen MR) is 78.1 cm³/mol. The molecule has 0 N–H and O–H groups in total. The van der Waals surface area contributed by atoms with Gasteiger partial charge < -0.3 is 0 Å². The van der Waals surface area contributed by atoms with Crippen LogP contribution >= 0.6 is 11.6 Å². The van der Waals surface area contributed by atoms with Crippen molar-refractivity contribution in [1.29, 1.82) is 0 Å². The molecule has 18 heavy (non-hydrogen) atoms. The third-order valence-corrected chi connectivity index (χ3v) is 4.03. The summed E-state index contributed by atoms with van der Waals surface area (Å²) in [7, 11) is 0. The molecule has 3 aromatic rings. The summed E-state index contributed by atoms with van der Waals surface area (Å²) in [6, 6.07) is 17.1. The van der Waals surface area contributed by atoms with E-state index in [0.29, 0.717) is 0 Å². The lowest BCUT2D eigenvalue weighted by molar-refractivity contribution is 1.51. The van der Waals surface area contributed by atoms with Crippen LogP contribution in [0.4, 0.5) is 0 Å². The van der Waals surface area contributed by atoms with Crippen LogP contribution in [-0.4, -0.2) is 0 Å². The fourth-order valence-electron chi connectivity index (χ4n) is 3.01. The van der Waals surface area contributed by atoms with Gasteiger partial charge in [-0.15, -0.1) is 0 Å². The number of rotatable bonds is 0. The highest BCUT2D eigenvalue weighted by Crippen LogP contribution is 2.49. The molecule has 0 fully saturated rings. The molecule has 0 atom stereocenters. The Balaban J connectivity index is 2.28. The first-order valence-electron chi connectivity index (χ1n) is 6.08. The van der Waals surface area contributed by atoms with E-state index in [1.165, 1.54) is 38.6 Å². The van der Waals surface area contributed by atoms with Crippen LogP contribution in [0.5, 0.6) is 0 Å². The molecule has 0 amide bonds. The summed E-state index contributed by atoms with van der Waals surface area (Å²) < 4.78 is 0. The van der Waals surface area contributed by atoms with E-state index in [2.05, 4.69) is 49.4 Å². The molecule has 1 aliphatic rings. The van der Waals surface area contributed by atoms with Crippen molar-refractivity contribution in [1.82, 2.24) is 0 Å². The molecule has 1 aliphatic carbocycles. The average Bonchev–Trinajstić information content (AvgIpc) is 2.70. The highest BCUT2D eigenvalue weighted by molar-refractivity contribution is 6.31. The zero-order valence-electron chi connectivity index (χ0n) is 10.00. The van der Waals surface area contributed by atoms with Crippen LogP contribution in [0, 0.1) is 6.92 Å². The quantitative estimate of drug-likeness (QED) is 0.389. The van der Waals surface area contributed by atoms with E-state index in [-0.39, 0.29) is 0 Å². The molecule has 0 saturated carbocycles. The van der Waals surface area contributed by atoms with Gasteiger partial charge in [-0.05, 0) is 57.6 Å². The van der Waals surface area contributed by atoms with Crippen LogP contribution in [0.1, 0.15) is 5.56 Å². The predicted octanol–water partition coefficient (Wildman–Crippen LogP) is 5.45. The molecule has 0 nitrogen and oxygen atoms in total. The molecule has 0 heterocycles. The molecular formula is C17H11Cl. The van der Waals surface area contributed by atoms with Gasteiger partial charge in [0, 0.05) is 5.02 Å². The van der Waals surface area contributed by atoms with Crippen LogP contribution in [0.15, 0.2) is 48.5 Å². The van der Waals surface area contributed by atoms with Crippen LogP contribution in [-0.2, 0) is 0 Å². The molecule has 1 heteroatoms. The van der Waals surface area contributed by atoms with Gasteiger partial charge in [0.15, 0.2) is 0 Å². The zero-order valence-corrected chi connectivity index (χ0v) is 10.8.